The van der Waals surface area contributed by atoms with Crippen molar-refractivity contribution in [1.29, 1.82) is 5.26 Å². The fourth-order valence-corrected chi connectivity index (χ4v) is 4.75. The van der Waals surface area contributed by atoms with Crippen LogP contribution in [0.4, 0.5) is 18.9 Å². The number of hydrogen-bond acceptors (Lipinski definition) is 4. The molecule has 1 atom stereocenters. The van der Waals surface area contributed by atoms with E-state index in [1.54, 1.807) is 58.5 Å². The zero-order valence-electron chi connectivity index (χ0n) is 18.0. The smallest absolute Gasteiger partial charge is 0.309 e. The van der Waals surface area contributed by atoms with Gasteiger partial charge in [0.1, 0.15) is 5.82 Å². The van der Waals surface area contributed by atoms with Gasteiger partial charge in [-0.05, 0) is 54.8 Å². The van der Waals surface area contributed by atoms with Crippen molar-refractivity contribution >= 4 is 17.3 Å². The van der Waals surface area contributed by atoms with Crippen molar-refractivity contribution in [3.05, 3.63) is 101 Å². The minimum absolute atomic E-state index is 0.105. The van der Waals surface area contributed by atoms with Crippen LogP contribution in [-0.4, -0.2) is 15.3 Å². The summed E-state index contributed by atoms with van der Waals surface area (Å²) in [5.41, 5.74) is 1.48. The van der Waals surface area contributed by atoms with E-state index < -0.39 is 17.7 Å². The average molecular weight is 460 g/mol. The number of carbonyl (C=O) groups is 1. The number of benzene rings is 1. The summed E-state index contributed by atoms with van der Waals surface area (Å²) >= 11 is 0. The second-order valence-electron chi connectivity index (χ2n) is 8.18. The van der Waals surface area contributed by atoms with Crippen molar-refractivity contribution in [3.63, 3.8) is 0 Å². The predicted molar refractivity (Wildman–Crippen MR) is 120 cm³/mol. The molecule has 0 unspecified atom stereocenters. The molecule has 0 bridgehead atoms. The molecule has 0 amide bonds. The molecule has 1 aliphatic carbocycles. The number of anilines is 1. The van der Waals surface area contributed by atoms with Crippen molar-refractivity contribution < 1.29 is 18.0 Å². The summed E-state index contributed by atoms with van der Waals surface area (Å²) in [5.74, 6) is -0.346. The molecule has 0 spiro atoms. The molecule has 34 heavy (non-hydrogen) atoms. The standard InChI is InChI=1S/C26H19F3N4O/c27-26(28,29)18-7-3-8-19(14-18)33-21-9-4-10-22(34)24(21)23(17-6-5-11-31-16-17)20(15-30)25(33)32-12-1-2-13-32/h1-3,5-8,11-14,16,23H,4,9-10H2/t23-/m1/s1. The molecule has 5 rings (SSSR count). The van der Waals surface area contributed by atoms with E-state index in [-0.39, 0.29) is 17.0 Å². The fraction of sp³-hybridized carbons (Fsp3) is 0.192. The average Bonchev–Trinajstić information content (AvgIpc) is 3.37. The Balaban J connectivity index is 1.83. The van der Waals surface area contributed by atoms with Gasteiger partial charge < -0.3 is 4.57 Å². The minimum Gasteiger partial charge on any atom is -0.309 e. The van der Waals surface area contributed by atoms with Gasteiger partial charge in [0.05, 0.1) is 23.1 Å². The van der Waals surface area contributed by atoms with Crippen LogP contribution in [0, 0.1) is 11.3 Å². The summed E-state index contributed by atoms with van der Waals surface area (Å²) < 4.78 is 42.4. The lowest BCUT2D eigenvalue weighted by Crippen LogP contribution is -2.36. The number of rotatable bonds is 3. The number of nitrogens with zero attached hydrogens (tertiary/aromatic N) is 4. The second-order valence-corrected chi connectivity index (χ2v) is 8.18. The maximum absolute atomic E-state index is 13.6. The van der Waals surface area contributed by atoms with E-state index in [0.717, 1.165) is 12.1 Å². The normalized spacial score (nSPS) is 18.7. The first-order valence-electron chi connectivity index (χ1n) is 10.8. The van der Waals surface area contributed by atoms with Crippen LogP contribution in [-0.2, 0) is 11.0 Å². The van der Waals surface area contributed by atoms with Crippen LogP contribution in [0.1, 0.15) is 36.3 Å². The molecule has 0 radical (unpaired) electrons. The van der Waals surface area contributed by atoms with Crippen molar-refractivity contribution in [3.8, 4) is 6.07 Å². The van der Waals surface area contributed by atoms with Crippen LogP contribution in [0.2, 0.25) is 0 Å². The maximum Gasteiger partial charge on any atom is 0.416 e. The number of nitriles is 1. The number of Topliss-reactive ketones (excluding diaryl/α,β-unsaturated/α-hetero) is 1. The minimum atomic E-state index is -4.53. The number of pyridine rings is 1. The SMILES string of the molecule is N#CC1=C(n2cccc2)N(c2cccc(C(F)(F)F)c2)C2=C(C(=O)CCC2)[C@@H]1c1cccnc1. The number of aromatic nitrogens is 2. The molecule has 1 aliphatic heterocycles. The molecule has 3 aromatic rings. The van der Waals surface area contributed by atoms with Gasteiger partial charge in [-0.15, -0.1) is 0 Å². The third-order valence-electron chi connectivity index (χ3n) is 6.15. The molecule has 0 fully saturated rings. The Morgan fingerprint density at radius 2 is 1.85 bits per heavy atom. The molecule has 0 saturated heterocycles. The van der Waals surface area contributed by atoms with Crippen molar-refractivity contribution in [2.24, 2.45) is 0 Å². The molecule has 2 aliphatic rings. The third kappa shape index (κ3) is 3.59. The number of ketones is 1. The summed E-state index contributed by atoms with van der Waals surface area (Å²) in [7, 11) is 0. The number of alkyl halides is 3. The molecule has 2 aromatic heterocycles. The monoisotopic (exact) mass is 460 g/mol. The first kappa shape index (κ1) is 21.7. The lowest BCUT2D eigenvalue weighted by atomic mass is 9.76. The Kier molecular flexibility index (Phi) is 5.33. The van der Waals surface area contributed by atoms with Crippen LogP contribution in [0.3, 0.4) is 0 Å². The zero-order chi connectivity index (χ0) is 23.9. The Hall–Kier alpha value is -4.12. The van der Waals surface area contributed by atoms with Gasteiger partial charge in [0.2, 0.25) is 0 Å². The van der Waals surface area contributed by atoms with E-state index >= 15 is 0 Å². The van der Waals surface area contributed by atoms with Crippen LogP contribution in [0.5, 0.6) is 0 Å². The largest absolute Gasteiger partial charge is 0.416 e. The van der Waals surface area contributed by atoms with Gasteiger partial charge in [-0.2, -0.15) is 18.4 Å². The van der Waals surface area contributed by atoms with Crippen LogP contribution >= 0.6 is 0 Å². The van der Waals surface area contributed by atoms with Crippen molar-refractivity contribution in [1.82, 2.24) is 9.55 Å². The first-order valence-corrected chi connectivity index (χ1v) is 10.8. The summed E-state index contributed by atoms with van der Waals surface area (Å²) in [6, 6.07) is 14.4. The van der Waals surface area contributed by atoms with E-state index in [4.69, 9.17) is 0 Å². The van der Waals surface area contributed by atoms with Gasteiger partial charge >= 0.3 is 6.18 Å². The number of allylic oxidation sites excluding steroid dienone is 3. The van der Waals surface area contributed by atoms with E-state index in [9.17, 15) is 23.2 Å². The highest BCUT2D eigenvalue weighted by atomic mass is 19.4. The van der Waals surface area contributed by atoms with Gasteiger partial charge in [0, 0.05) is 48.2 Å². The quantitative estimate of drug-likeness (QED) is 0.488. The van der Waals surface area contributed by atoms with Crippen LogP contribution in [0.25, 0.3) is 5.82 Å². The molecule has 0 saturated carbocycles. The Morgan fingerprint density at radius 3 is 2.53 bits per heavy atom. The van der Waals surface area contributed by atoms with E-state index in [1.807, 2.05) is 6.07 Å². The molecular formula is C26H19F3N4O. The van der Waals surface area contributed by atoms with Gasteiger partial charge in [0.15, 0.2) is 5.78 Å². The van der Waals surface area contributed by atoms with Crippen LogP contribution in [0.15, 0.2) is 90.2 Å². The van der Waals surface area contributed by atoms with Gasteiger partial charge in [0.25, 0.3) is 0 Å². The summed E-state index contributed by atoms with van der Waals surface area (Å²) in [6.45, 7) is 0. The predicted octanol–water partition coefficient (Wildman–Crippen LogP) is 5.91. The Labute approximate surface area is 194 Å². The molecule has 3 heterocycles. The zero-order valence-corrected chi connectivity index (χ0v) is 18.0. The highest BCUT2D eigenvalue weighted by molar-refractivity contribution is 6.03. The van der Waals surface area contributed by atoms with Crippen molar-refractivity contribution in [2.45, 2.75) is 31.4 Å². The van der Waals surface area contributed by atoms with E-state index in [1.165, 1.54) is 6.07 Å². The molecular weight excluding hydrogens is 441 g/mol. The summed E-state index contributed by atoms with van der Waals surface area (Å²) in [5, 5.41) is 10.3. The van der Waals surface area contributed by atoms with E-state index in [2.05, 4.69) is 11.1 Å². The second kappa shape index (κ2) is 8.34. The number of hydrogen-bond donors (Lipinski definition) is 0. The first-order chi connectivity index (χ1) is 16.4. The van der Waals surface area contributed by atoms with Crippen molar-refractivity contribution in [2.75, 3.05) is 4.90 Å². The third-order valence-corrected chi connectivity index (χ3v) is 6.15. The molecule has 170 valence electrons. The lowest BCUT2D eigenvalue weighted by Gasteiger charge is -2.41. The Morgan fingerprint density at radius 1 is 1.06 bits per heavy atom. The number of halogens is 3. The van der Waals surface area contributed by atoms with Gasteiger partial charge in [-0.3, -0.25) is 14.7 Å². The maximum atomic E-state index is 13.6. The highest BCUT2D eigenvalue weighted by Gasteiger charge is 2.42. The summed E-state index contributed by atoms with van der Waals surface area (Å²) in [4.78, 5) is 19.1. The van der Waals surface area contributed by atoms with E-state index in [0.29, 0.717) is 41.9 Å². The van der Waals surface area contributed by atoms with Crippen LogP contribution < -0.4 is 4.90 Å². The molecule has 8 heteroatoms. The lowest BCUT2D eigenvalue weighted by molar-refractivity contribution is -0.137. The summed E-state index contributed by atoms with van der Waals surface area (Å²) in [6.07, 6.45) is 3.59. The van der Waals surface area contributed by atoms with Gasteiger partial charge in [-0.25, -0.2) is 0 Å². The molecule has 5 nitrogen and oxygen atoms in total. The molecule has 1 aromatic carbocycles. The Bertz CT molecular complexity index is 1350. The molecule has 0 N–H and O–H groups in total. The topological polar surface area (TPSA) is 61.9 Å². The number of carbonyl (C=O) groups excluding carboxylic acids is 1. The highest BCUT2D eigenvalue weighted by Crippen LogP contribution is 2.49. The fourth-order valence-electron chi connectivity index (χ4n) is 4.75. The van der Waals surface area contributed by atoms with Gasteiger partial charge in [-0.1, -0.05) is 12.1 Å².